The molecular formula is C7H10N4O. The van der Waals surface area contributed by atoms with Gasteiger partial charge in [-0.25, -0.2) is 0 Å². The van der Waals surface area contributed by atoms with Crippen molar-refractivity contribution in [1.82, 2.24) is 10.2 Å². The van der Waals surface area contributed by atoms with Gasteiger partial charge in [-0.05, 0) is 12.8 Å². The number of aromatic nitrogens is 2. The molecule has 1 aromatic heterocycles. The van der Waals surface area contributed by atoms with Crippen molar-refractivity contribution in [1.29, 1.82) is 0 Å². The molecule has 0 saturated heterocycles. The van der Waals surface area contributed by atoms with Crippen LogP contribution in [0.1, 0.15) is 12.8 Å². The molecule has 2 rings (SSSR count). The zero-order chi connectivity index (χ0) is 8.55. The molecule has 1 aromatic rings. The molecule has 0 aromatic carbocycles. The maximum atomic E-state index is 11.2. The maximum Gasteiger partial charge on any atom is 0.228 e. The number of hydrogen-bond donors (Lipinski definition) is 3. The van der Waals surface area contributed by atoms with Gasteiger partial charge in [0.2, 0.25) is 5.91 Å². The molecule has 0 unspecified atom stereocenters. The third-order valence-corrected chi connectivity index (χ3v) is 1.87. The number of anilines is 2. The highest BCUT2D eigenvalue weighted by molar-refractivity contribution is 5.95. The van der Waals surface area contributed by atoms with E-state index in [2.05, 4.69) is 15.5 Å². The summed E-state index contributed by atoms with van der Waals surface area (Å²) in [7, 11) is 0. The molecule has 1 aliphatic carbocycles. The van der Waals surface area contributed by atoms with Crippen LogP contribution in [-0.2, 0) is 4.79 Å². The Morgan fingerprint density at radius 3 is 3.00 bits per heavy atom. The Morgan fingerprint density at radius 2 is 2.50 bits per heavy atom. The number of amides is 1. The Morgan fingerprint density at radius 1 is 1.75 bits per heavy atom. The van der Waals surface area contributed by atoms with E-state index in [9.17, 15) is 4.79 Å². The molecule has 4 N–H and O–H groups in total. The molecule has 0 aliphatic heterocycles. The van der Waals surface area contributed by atoms with Crippen LogP contribution in [0.15, 0.2) is 6.20 Å². The van der Waals surface area contributed by atoms with E-state index < -0.39 is 0 Å². The van der Waals surface area contributed by atoms with Crippen molar-refractivity contribution in [3.63, 3.8) is 0 Å². The summed E-state index contributed by atoms with van der Waals surface area (Å²) in [6, 6.07) is 0. The number of nitrogen functional groups attached to an aromatic ring is 1. The molecule has 0 radical (unpaired) electrons. The Hall–Kier alpha value is -1.52. The molecule has 1 fully saturated rings. The summed E-state index contributed by atoms with van der Waals surface area (Å²) >= 11 is 0. The fourth-order valence-corrected chi connectivity index (χ4v) is 0.966. The van der Waals surface area contributed by atoms with Gasteiger partial charge in [0.05, 0.1) is 11.9 Å². The Kier molecular flexibility index (Phi) is 1.49. The molecule has 5 nitrogen and oxygen atoms in total. The Labute approximate surface area is 69.3 Å². The van der Waals surface area contributed by atoms with Crippen LogP contribution in [0.4, 0.5) is 11.5 Å². The second kappa shape index (κ2) is 2.51. The first kappa shape index (κ1) is 7.15. The normalized spacial score (nSPS) is 16.0. The lowest BCUT2D eigenvalue weighted by molar-refractivity contribution is -0.117. The first-order chi connectivity index (χ1) is 5.77. The smallest absolute Gasteiger partial charge is 0.228 e. The SMILES string of the molecule is Nc1cn[nH]c1NC(=O)C1CC1. The lowest BCUT2D eigenvalue weighted by atomic mass is 10.4. The molecular weight excluding hydrogens is 156 g/mol. The van der Waals surface area contributed by atoms with Crippen molar-refractivity contribution in [3.05, 3.63) is 6.20 Å². The van der Waals surface area contributed by atoms with Gasteiger partial charge in [0.15, 0.2) is 5.82 Å². The molecule has 0 atom stereocenters. The van der Waals surface area contributed by atoms with E-state index in [1.807, 2.05) is 0 Å². The highest BCUT2D eigenvalue weighted by Gasteiger charge is 2.30. The summed E-state index contributed by atoms with van der Waals surface area (Å²) in [6.45, 7) is 0. The molecule has 1 aliphatic rings. The van der Waals surface area contributed by atoms with Crippen molar-refractivity contribution in [3.8, 4) is 0 Å². The number of nitrogens with one attached hydrogen (secondary N) is 2. The molecule has 1 heterocycles. The molecule has 64 valence electrons. The second-order valence-corrected chi connectivity index (χ2v) is 2.96. The lowest BCUT2D eigenvalue weighted by Crippen LogP contribution is -2.14. The van der Waals surface area contributed by atoms with Gasteiger partial charge >= 0.3 is 0 Å². The van der Waals surface area contributed by atoms with Gasteiger partial charge in [0.25, 0.3) is 0 Å². The quantitative estimate of drug-likeness (QED) is 0.592. The molecule has 1 amide bonds. The minimum Gasteiger partial charge on any atom is -0.394 e. The van der Waals surface area contributed by atoms with Crippen LogP contribution in [0, 0.1) is 5.92 Å². The fraction of sp³-hybridized carbons (Fsp3) is 0.429. The number of nitrogens with two attached hydrogens (primary N) is 1. The molecule has 12 heavy (non-hydrogen) atoms. The van der Waals surface area contributed by atoms with Crippen molar-refractivity contribution in [2.24, 2.45) is 5.92 Å². The number of rotatable bonds is 2. The Balaban J connectivity index is 2.02. The van der Waals surface area contributed by atoms with Crippen LogP contribution < -0.4 is 11.1 Å². The number of carbonyl (C=O) groups excluding carboxylic acids is 1. The summed E-state index contributed by atoms with van der Waals surface area (Å²) in [5, 5.41) is 8.97. The van der Waals surface area contributed by atoms with Crippen molar-refractivity contribution in [2.75, 3.05) is 11.1 Å². The van der Waals surface area contributed by atoms with E-state index in [1.165, 1.54) is 6.20 Å². The predicted octanol–water partition coefficient (Wildman–Crippen LogP) is 0.340. The lowest BCUT2D eigenvalue weighted by Gasteiger charge is -2.00. The summed E-state index contributed by atoms with van der Waals surface area (Å²) in [6.07, 6.45) is 3.45. The summed E-state index contributed by atoms with van der Waals surface area (Å²) in [5.74, 6) is 0.727. The van der Waals surface area contributed by atoms with E-state index in [-0.39, 0.29) is 11.8 Å². The summed E-state index contributed by atoms with van der Waals surface area (Å²) in [4.78, 5) is 11.2. The number of carbonyl (C=O) groups is 1. The largest absolute Gasteiger partial charge is 0.394 e. The number of H-pyrrole nitrogens is 1. The Bertz CT molecular complexity index is 302. The standard InChI is InChI=1S/C7H10N4O/c8-5-3-9-11-6(5)10-7(12)4-1-2-4/h3-4H,1-2,8H2,(H2,9,10,11,12). The van der Waals surface area contributed by atoms with Crippen LogP contribution in [0.3, 0.4) is 0 Å². The third-order valence-electron chi connectivity index (χ3n) is 1.87. The highest BCUT2D eigenvalue weighted by atomic mass is 16.2. The second-order valence-electron chi connectivity index (χ2n) is 2.96. The van der Waals surface area contributed by atoms with Gasteiger partial charge in [0.1, 0.15) is 0 Å². The van der Waals surface area contributed by atoms with Crippen LogP contribution in [0.25, 0.3) is 0 Å². The number of aromatic amines is 1. The van der Waals surface area contributed by atoms with Gasteiger partial charge in [-0.2, -0.15) is 5.10 Å². The summed E-state index contributed by atoms with van der Waals surface area (Å²) < 4.78 is 0. The van der Waals surface area contributed by atoms with Gasteiger partial charge in [-0.1, -0.05) is 0 Å². The first-order valence-electron chi connectivity index (χ1n) is 3.87. The predicted molar refractivity (Wildman–Crippen MR) is 44.4 cm³/mol. The maximum absolute atomic E-state index is 11.2. The van der Waals surface area contributed by atoms with E-state index in [0.717, 1.165) is 12.8 Å². The van der Waals surface area contributed by atoms with Crippen LogP contribution in [0.2, 0.25) is 0 Å². The number of nitrogens with zero attached hydrogens (tertiary/aromatic N) is 1. The first-order valence-corrected chi connectivity index (χ1v) is 3.87. The zero-order valence-electron chi connectivity index (χ0n) is 6.50. The third kappa shape index (κ3) is 1.25. The zero-order valence-corrected chi connectivity index (χ0v) is 6.50. The van der Waals surface area contributed by atoms with Crippen LogP contribution >= 0.6 is 0 Å². The van der Waals surface area contributed by atoms with Crippen LogP contribution in [-0.4, -0.2) is 16.1 Å². The average Bonchev–Trinajstić information content (AvgIpc) is 2.80. The van der Waals surface area contributed by atoms with Gasteiger partial charge in [-0.3, -0.25) is 9.89 Å². The number of hydrogen-bond acceptors (Lipinski definition) is 3. The minimum atomic E-state index is 0.0333. The van der Waals surface area contributed by atoms with E-state index in [0.29, 0.717) is 11.5 Å². The van der Waals surface area contributed by atoms with E-state index in [1.54, 1.807) is 0 Å². The highest BCUT2D eigenvalue weighted by Crippen LogP contribution is 2.30. The summed E-state index contributed by atoms with van der Waals surface area (Å²) in [5.41, 5.74) is 5.98. The fourth-order valence-electron chi connectivity index (χ4n) is 0.966. The average molecular weight is 166 g/mol. The monoisotopic (exact) mass is 166 g/mol. The van der Waals surface area contributed by atoms with Crippen molar-refractivity contribution < 1.29 is 4.79 Å². The van der Waals surface area contributed by atoms with E-state index in [4.69, 9.17) is 5.73 Å². The van der Waals surface area contributed by atoms with Gasteiger partial charge in [0, 0.05) is 5.92 Å². The molecule has 0 spiro atoms. The minimum absolute atomic E-state index is 0.0333. The topological polar surface area (TPSA) is 83.8 Å². The van der Waals surface area contributed by atoms with Gasteiger partial charge < -0.3 is 11.1 Å². The van der Waals surface area contributed by atoms with Crippen LogP contribution in [0.5, 0.6) is 0 Å². The van der Waals surface area contributed by atoms with Gasteiger partial charge in [-0.15, -0.1) is 0 Å². The molecule has 0 bridgehead atoms. The molecule has 5 heteroatoms. The molecule has 1 saturated carbocycles. The van der Waals surface area contributed by atoms with Crippen molar-refractivity contribution in [2.45, 2.75) is 12.8 Å². The van der Waals surface area contributed by atoms with E-state index >= 15 is 0 Å². The van der Waals surface area contributed by atoms with Crippen molar-refractivity contribution >= 4 is 17.4 Å².